The molecular formula is C18H25N5O2. The molecular weight excluding hydrogens is 318 g/mol. The van der Waals surface area contributed by atoms with E-state index in [9.17, 15) is 0 Å². The van der Waals surface area contributed by atoms with Gasteiger partial charge in [0, 0.05) is 45.1 Å². The van der Waals surface area contributed by atoms with Crippen LogP contribution in [0.5, 0.6) is 0 Å². The van der Waals surface area contributed by atoms with Gasteiger partial charge in [0.1, 0.15) is 5.82 Å². The number of aromatic nitrogens is 3. The van der Waals surface area contributed by atoms with E-state index in [1.54, 1.807) is 6.20 Å². The van der Waals surface area contributed by atoms with Crippen molar-refractivity contribution in [3.8, 4) is 11.4 Å². The van der Waals surface area contributed by atoms with Gasteiger partial charge in [0.25, 0.3) is 0 Å². The van der Waals surface area contributed by atoms with Gasteiger partial charge in [0.2, 0.25) is 11.7 Å². The van der Waals surface area contributed by atoms with Gasteiger partial charge in [0.05, 0.1) is 6.04 Å². The monoisotopic (exact) mass is 343 g/mol. The summed E-state index contributed by atoms with van der Waals surface area (Å²) in [7, 11) is 3.94. The molecule has 1 unspecified atom stereocenters. The van der Waals surface area contributed by atoms with Gasteiger partial charge in [-0.25, -0.2) is 4.98 Å². The van der Waals surface area contributed by atoms with E-state index in [2.05, 4.69) is 20.0 Å². The number of rotatable bonds is 4. The van der Waals surface area contributed by atoms with Crippen molar-refractivity contribution in [3.05, 3.63) is 24.2 Å². The highest BCUT2D eigenvalue weighted by Gasteiger charge is 2.36. The zero-order valence-electron chi connectivity index (χ0n) is 14.9. The fraction of sp³-hybridized carbons (Fsp3) is 0.611. The summed E-state index contributed by atoms with van der Waals surface area (Å²) in [6.45, 7) is 2.81. The zero-order valence-corrected chi connectivity index (χ0v) is 14.9. The van der Waals surface area contributed by atoms with Crippen LogP contribution in [0.15, 0.2) is 22.9 Å². The molecule has 0 N–H and O–H groups in total. The highest BCUT2D eigenvalue weighted by Crippen LogP contribution is 2.35. The molecule has 25 heavy (non-hydrogen) atoms. The standard InChI is InChI=1S/C18H25N5O2/c1-22(2)16-6-5-13(12-19-16)17-20-18(25-21-17)15-4-3-9-23(15)14-7-10-24-11-8-14/h5-6,12,14-15H,3-4,7-11H2,1-2H3. The van der Waals surface area contributed by atoms with Crippen LogP contribution in [0.4, 0.5) is 5.82 Å². The van der Waals surface area contributed by atoms with Crippen LogP contribution in [0, 0.1) is 0 Å². The van der Waals surface area contributed by atoms with Crippen molar-refractivity contribution in [2.75, 3.05) is 38.8 Å². The quantitative estimate of drug-likeness (QED) is 0.845. The zero-order chi connectivity index (χ0) is 17.2. The fourth-order valence-electron chi connectivity index (χ4n) is 3.78. The number of pyridine rings is 1. The third kappa shape index (κ3) is 3.39. The maximum atomic E-state index is 5.63. The summed E-state index contributed by atoms with van der Waals surface area (Å²) in [6.07, 6.45) is 6.24. The van der Waals surface area contributed by atoms with Crippen molar-refractivity contribution in [1.82, 2.24) is 20.0 Å². The molecule has 2 saturated heterocycles. The Balaban J connectivity index is 1.51. The molecule has 2 fully saturated rings. The van der Waals surface area contributed by atoms with Crippen molar-refractivity contribution >= 4 is 5.82 Å². The van der Waals surface area contributed by atoms with E-state index in [4.69, 9.17) is 9.26 Å². The van der Waals surface area contributed by atoms with Crippen LogP contribution in [0.3, 0.4) is 0 Å². The van der Waals surface area contributed by atoms with E-state index >= 15 is 0 Å². The highest BCUT2D eigenvalue weighted by molar-refractivity contribution is 5.55. The molecule has 2 aliphatic rings. The van der Waals surface area contributed by atoms with Gasteiger partial charge in [0.15, 0.2) is 0 Å². The fourth-order valence-corrected chi connectivity index (χ4v) is 3.78. The van der Waals surface area contributed by atoms with E-state index in [0.29, 0.717) is 11.9 Å². The Bertz CT molecular complexity index is 694. The van der Waals surface area contributed by atoms with E-state index < -0.39 is 0 Å². The molecule has 0 spiro atoms. The van der Waals surface area contributed by atoms with E-state index in [1.807, 2.05) is 31.1 Å². The lowest BCUT2D eigenvalue weighted by molar-refractivity contribution is 0.0243. The third-order valence-electron chi connectivity index (χ3n) is 5.15. The first-order valence-electron chi connectivity index (χ1n) is 9.03. The Hall–Kier alpha value is -1.99. The van der Waals surface area contributed by atoms with E-state index in [0.717, 1.165) is 56.3 Å². The minimum absolute atomic E-state index is 0.235. The first-order valence-corrected chi connectivity index (χ1v) is 9.03. The molecule has 4 rings (SSSR count). The first-order chi connectivity index (χ1) is 12.2. The van der Waals surface area contributed by atoms with Gasteiger partial charge in [-0.05, 0) is 44.4 Å². The Kier molecular flexibility index (Phi) is 4.67. The lowest BCUT2D eigenvalue weighted by Crippen LogP contribution is -2.39. The van der Waals surface area contributed by atoms with Crippen molar-refractivity contribution in [3.63, 3.8) is 0 Å². The summed E-state index contributed by atoms with van der Waals surface area (Å²) in [5, 5.41) is 4.19. The minimum atomic E-state index is 0.235. The van der Waals surface area contributed by atoms with E-state index in [-0.39, 0.29) is 6.04 Å². The lowest BCUT2D eigenvalue weighted by atomic mass is 10.1. The topological polar surface area (TPSA) is 67.5 Å². The molecule has 0 aliphatic carbocycles. The number of nitrogens with zero attached hydrogens (tertiary/aromatic N) is 5. The summed E-state index contributed by atoms with van der Waals surface area (Å²) in [4.78, 5) is 13.6. The Morgan fingerprint density at radius 2 is 2.00 bits per heavy atom. The molecule has 0 bridgehead atoms. The normalized spacial score (nSPS) is 22.4. The summed E-state index contributed by atoms with van der Waals surface area (Å²) in [6, 6.07) is 4.76. The number of anilines is 1. The second-order valence-corrected chi connectivity index (χ2v) is 7.00. The summed E-state index contributed by atoms with van der Waals surface area (Å²) in [5.41, 5.74) is 0.885. The third-order valence-corrected chi connectivity index (χ3v) is 5.15. The van der Waals surface area contributed by atoms with Crippen LogP contribution in [0.25, 0.3) is 11.4 Å². The van der Waals surface area contributed by atoms with Crippen LogP contribution >= 0.6 is 0 Å². The smallest absolute Gasteiger partial charge is 0.244 e. The minimum Gasteiger partial charge on any atom is -0.381 e. The molecule has 0 aromatic carbocycles. The summed E-state index contributed by atoms with van der Waals surface area (Å²) < 4.78 is 11.1. The Morgan fingerprint density at radius 1 is 1.16 bits per heavy atom. The van der Waals surface area contributed by atoms with Gasteiger partial charge in [-0.3, -0.25) is 4.90 Å². The molecule has 0 radical (unpaired) electrons. The van der Waals surface area contributed by atoms with Crippen LogP contribution in [0.1, 0.15) is 37.6 Å². The van der Waals surface area contributed by atoms with Gasteiger partial charge >= 0.3 is 0 Å². The molecule has 2 aromatic heterocycles. The van der Waals surface area contributed by atoms with Crippen molar-refractivity contribution in [1.29, 1.82) is 0 Å². The molecule has 0 amide bonds. The maximum Gasteiger partial charge on any atom is 0.244 e. The van der Waals surface area contributed by atoms with Crippen molar-refractivity contribution in [2.45, 2.75) is 37.8 Å². The maximum absolute atomic E-state index is 5.63. The van der Waals surface area contributed by atoms with Crippen LogP contribution < -0.4 is 4.90 Å². The second-order valence-electron chi connectivity index (χ2n) is 7.00. The second kappa shape index (κ2) is 7.09. The Morgan fingerprint density at radius 3 is 2.72 bits per heavy atom. The van der Waals surface area contributed by atoms with Gasteiger partial charge in [-0.15, -0.1) is 0 Å². The van der Waals surface area contributed by atoms with Crippen LogP contribution in [-0.2, 0) is 4.74 Å². The molecule has 2 aliphatic heterocycles. The van der Waals surface area contributed by atoms with Gasteiger partial charge in [-0.1, -0.05) is 5.16 Å². The summed E-state index contributed by atoms with van der Waals surface area (Å²) >= 11 is 0. The molecule has 7 heteroatoms. The summed E-state index contributed by atoms with van der Waals surface area (Å²) in [5.74, 6) is 2.26. The molecule has 4 heterocycles. The van der Waals surface area contributed by atoms with Gasteiger partial charge < -0.3 is 14.2 Å². The predicted octanol–water partition coefficient (Wildman–Crippen LogP) is 2.51. The highest BCUT2D eigenvalue weighted by atomic mass is 16.5. The number of hydrogen-bond donors (Lipinski definition) is 0. The molecule has 7 nitrogen and oxygen atoms in total. The number of hydrogen-bond acceptors (Lipinski definition) is 7. The van der Waals surface area contributed by atoms with Gasteiger partial charge in [-0.2, -0.15) is 4.98 Å². The molecule has 2 aromatic rings. The number of likely N-dealkylation sites (tertiary alicyclic amines) is 1. The molecule has 1 atom stereocenters. The first kappa shape index (κ1) is 16.5. The van der Waals surface area contributed by atoms with Crippen LogP contribution in [0.2, 0.25) is 0 Å². The average molecular weight is 343 g/mol. The van der Waals surface area contributed by atoms with Crippen molar-refractivity contribution < 1.29 is 9.26 Å². The van der Waals surface area contributed by atoms with Crippen molar-refractivity contribution in [2.24, 2.45) is 0 Å². The number of ether oxygens (including phenoxy) is 1. The molecule has 0 saturated carbocycles. The van der Waals surface area contributed by atoms with Crippen LogP contribution in [-0.4, -0.2) is 59.9 Å². The average Bonchev–Trinajstić information content (AvgIpc) is 3.32. The van der Waals surface area contributed by atoms with E-state index in [1.165, 1.54) is 6.42 Å². The lowest BCUT2D eigenvalue weighted by Gasteiger charge is -2.33. The SMILES string of the molecule is CN(C)c1ccc(-c2noc(C3CCCN3C3CCOCC3)n2)cn1. The largest absolute Gasteiger partial charge is 0.381 e. The Labute approximate surface area is 148 Å². The molecule has 134 valence electrons. The predicted molar refractivity (Wildman–Crippen MR) is 94.4 cm³/mol.